The zero-order valence-corrected chi connectivity index (χ0v) is 14.1. The summed E-state index contributed by atoms with van der Waals surface area (Å²) < 4.78 is 7.07. The first-order valence-electron chi connectivity index (χ1n) is 7.06. The van der Waals surface area contributed by atoms with Crippen LogP contribution in [0.1, 0.15) is 24.1 Å². The molecule has 0 bridgehead atoms. The van der Waals surface area contributed by atoms with Crippen LogP contribution in [0.4, 0.5) is 0 Å². The van der Waals surface area contributed by atoms with Crippen molar-refractivity contribution in [2.24, 2.45) is 0 Å². The molecule has 0 saturated heterocycles. The Balaban J connectivity index is 1.56. The fraction of sp³-hybridized carbons (Fsp3) is 0.294. The van der Waals surface area contributed by atoms with E-state index in [2.05, 4.69) is 46.4 Å². The van der Waals surface area contributed by atoms with Gasteiger partial charge in [-0.1, -0.05) is 39.7 Å². The van der Waals surface area contributed by atoms with Gasteiger partial charge in [-0.2, -0.15) is 0 Å². The van der Waals surface area contributed by atoms with E-state index in [1.807, 2.05) is 24.3 Å². The number of nitrogens with one attached hydrogen (secondary N) is 1. The number of fused-ring (bicyclic) bond motifs is 1. The van der Waals surface area contributed by atoms with Crippen molar-refractivity contribution in [2.45, 2.75) is 25.5 Å². The minimum Gasteiger partial charge on any atom is -0.488 e. The zero-order valence-electron chi connectivity index (χ0n) is 11.8. The van der Waals surface area contributed by atoms with E-state index in [0.717, 1.165) is 28.2 Å². The van der Waals surface area contributed by atoms with Crippen LogP contribution >= 0.6 is 27.5 Å². The maximum atomic E-state index is 5.96. The quantitative estimate of drug-likeness (QED) is 0.842. The van der Waals surface area contributed by atoms with Gasteiger partial charge in [-0.25, -0.2) is 0 Å². The highest BCUT2D eigenvalue weighted by Crippen LogP contribution is 2.31. The van der Waals surface area contributed by atoms with E-state index in [1.54, 1.807) is 0 Å². The van der Waals surface area contributed by atoms with Crippen molar-refractivity contribution >= 4 is 27.5 Å². The number of hydrogen-bond donors (Lipinski definition) is 1. The Kier molecular flexibility index (Phi) is 4.53. The van der Waals surface area contributed by atoms with Gasteiger partial charge in [0.1, 0.15) is 11.9 Å². The number of ether oxygens (including phenoxy) is 1. The molecule has 0 aromatic heterocycles. The summed E-state index contributed by atoms with van der Waals surface area (Å²) >= 11 is 9.42. The second kappa shape index (κ2) is 6.39. The van der Waals surface area contributed by atoms with Gasteiger partial charge in [0.25, 0.3) is 0 Å². The molecule has 2 aromatic carbocycles. The van der Waals surface area contributed by atoms with Crippen molar-refractivity contribution in [3.05, 3.63) is 63.1 Å². The first-order chi connectivity index (χ1) is 10.1. The normalized spacial score (nSPS) is 18.1. The van der Waals surface area contributed by atoms with E-state index in [-0.39, 0.29) is 12.1 Å². The second-order valence-electron chi connectivity index (χ2n) is 5.38. The predicted molar refractivity (Wildman–Crippen MR) is 90.1 cm³/mol. The largest absolute Gasteiger partial charge is 0.488 e. The van der Waals surface area contributed by atoms with Crippen LogP contribution in [0.5, 0.6) is 5.75 Å². The maximum Gasteiger partial charge on any atom is 0.123 e. The van der Waals surface area contributed by atoms with E-state index in [9.17, 15) is 0 Å². The molecule has 4 heteroatoms. The fourth-order valence-corrected chi connectivity index (χ4v) is 3.11. The molecule has 1 heterocycles. The van der Waals surface area contributed by atoms with E-state index in [4.69, 9.17) is 16.3 Å². The fourth-order valence-electron chi connectivity index (χ4n) is 2.58. The van der Waals surface area contributed by atoms with Gasteiger partial charge >= 0.3 is 0 Å². The second-order valence-corrected chi connectivity index (χ2v) is 6.73. The third-order valence-corrected chi connectivity index (χ3v) is 4.53. The summed E-state index contributed by atoms with van der Waals surface area (Å²) in [6.45, 7) is 2.98. The standard InChI is InChI=1S/C17H17BrClNO/c1-11(12-2-5-15(19)6-3-12)20-10-16-9-13-8-14(18)4-7-17(13)21-16/h2-8,11,16,20H,9-10H2,1H3. The van der Waals surface area contributed by atoms with Crippen LogP contribution in [0.25, 0.3) is 0 Å². The molecule has 2 aromatic rings. The molecule has 0 radical (unpaired) electrons. The van der Waals surface area contributed by atoms with Gasteiger partial charge in [-0.3, -0.25) is 0 Å². The number of halogens is 2. The highest BCUT2D eigenvalue weighted by molar-refractivity contribution is 9.10. The van der Waals surface area contributed by atoms with Gasteiger partial charge in [0.15, 0.2) is 0 Å². The molecular formula is C17H17BrClNO. The van der Waals surface area contributed by atoms with E-state index in [0.29, 0.717) is 0 Å². The summed E-state index contributed by atoms with van der Waals surface area (Å²) in [4.78, 5) is 0. The summed E-state index contributed by atoms with van der Waals surface area (Å²) in [6.07, 6.45) is 1.15. The Bertz CT molecular complexity index is 629. The molecular weight excluding hydrogens is 350 g/mol. The van der Waals surface area contributed by atoms with Crippen molar-refractivity contribution in [2.75, 3.05) is 6.54 Å². The lowest BCUT2D eigenvalue weighted by atomic mass is 10.1. The van der Waals surface area contributed by atoms with Gasteiger partial charge in [-0.15, -0.1) is 0 Å². The first kappa shape index (κ1) is 14.9. The van der Waals surface area contributed by atoms with Crippen molar-refractivity contribution in [3.63, 3.8) is 0 Å². The van der Waals surface area contributed by atoms with Crippen LogP contribution < -0.4 is 10.1 Å². The molecule has 3 rings (SSSR count). The maximum absolute atomic E-state index is 5.96. The molecule has 21 heavy (non-hydrogen) atoms. The molecule has 2 atom stereocenters. The van der Waals surface area contributed by atoms with E-state index < -0.39 is 0 Å². The van der Waals surface area contributed by atoms with Crippen LogP contribution in [-0.2, 0) is 6.42 Å². The van der Waals surface area contributed by atoms with Crippen molar-refractivity contribution in [1.29, 1.82) is 0 Å². The van der Waals surface area contributed by atoms with Crippen LogP contribution in [0.2, 0.25) is 5.02 Å². The van der Waals surface area contributed by atoms with Crippen molar-refractivity contribution in [3.8, 4) is 5.75 Å². The minimum atomic E-state index is 0.198. The Hall–Kier alpha value is -1.03. The molecule has 2 unspecified atom stereocenters. The lowest BCUT2D eigenvalue weighted by Crippen LogP contribution is -2.31. The van der Waals surface area contributed by atoms with Gasteiger partial charge in [0, 0.05) is 28.5 Å². The summed E-state index contributed by atoms with van der Waals surface area (Å²) in [6, 6.07) is 14.4. The summed E-state index contributed by atoms with van der Waals surface area (Å²) in [5, 5.41) is 4.30. The topological polar surface area (TPSA) is 21.3 Å². The summed E-state index contributed by atoms with van der Waals surface area (Å²) in [7, 11) is 0. The van der Waals surface area contributed by atoms with E-state index in [1.165, 1.54) is 11.1 Å². The van der Waals surface area contributed by atoms with E-state index >= 15 is 0 Å². The molecule has 110 valence electrons. The highest BCUT2D eigenvalue weighted by Gasteiger charge is 2.23. The molecule has 0 spiro atoms. The molecule has 0 aliphatic carbocycles. The third-order valence-electron chi connectivity index (χ3n) is 3.79. The van der Waals surface area contributed by atoms with Gasteiger partial charge < -0.3 is 10.1 Å². The molecule has 2 nitrogen and oxygen atoms in total. The molecule has 0 fully saturated rings. The predicted octanol–water partition coefficient (Wildman–Crippen LogP) is 4.76. The van der Waals surface area contributed by atoms with Crippen molar-refractivity contribution in [1.82, 2.24) is 5.32 Å². The Morgan fingerprint density at radius 1 is 1.29 bits per heavy atom. The SMILES string of the molecule is CC(NCC1Cc2cc(Br)ccc2O1)c1ccc(Cl)cc1. The Morgan fingerprint density at radius 2 is 2.05 bits per heavy atom. The van der Waals surface area contributed by atoms with Gasteiger partial charge in [0.2, 0.25) is 0 Å². The average molecular weight is 367 g/mol. The lowest BCUT2D eigenvalue weighted by molar-refractivity contribution is 0.222. The monoisotopic (exact) mass is 365 g/mol. The lowest BCUT2D eigenvalue weighted by Gasteiger charge is -2.17. The third kappa shape index (κ3) is 3.60. The van der Waals surface area contributed by atoms with Crippen LogP contribution in [-0.4, -0.2) is 12.6 Å². The Labute approximate surface area is 138 Å². The molecule has 1 aliphatic rings. The van der Waals surface area contributed by atoms with Crippen molar-refractivity contribution < 1.29 is 4.74 Å². The molecule has 0 saturated carbocycles. The smallest absolute Gasteiger partial charge is 0.123 e. The van der Waals surface area contributed by atoms with Crippen LogP contribution in [0, 0.1) is 0 Å². The zero-order chi connectivity index (χ0) is 14.8. The summed E-state index contributed by atoms with van der Waals surface area (Å²) in [5.41, 5.74) is 2.51. The number of benzene rings is 2. The highest BCUT2D eigenvalue weighted by atomic mass is 79.9. The first-order valence-corrected chi connectivity index (χ1v) is 8.23. The molecule has 1 N–H and O–H groups in total. The van der Waals surface area contributed by atoms with Crippen LogP contribution in [0.15, 0.2) is 46.9 Å². The Morgan fingerprint density at radius 3 is 2.81 bits per heavy atom. The minimum absolute atomic E-state index is 0.198. The van der Waals surface area contributed by atoms with Gasteiger partial charge in [0.05, 0.1) is 0 Å². The number of hydrogen-bond acceptors (Lipinski definition) is 2. The molecule has 1 aliphatic heterocycles. The number of rotatable bonds is 4. The van der Waals surface area contributed by atoms with Crippen LogP contribution in [0.3, 0.4) is 0 Å². The van der Waals surface area contributed by atoms with Gasteiger partial charge in [-0.05, 0) is 48.4 Å². The molecule has 0 amide bonds. The summed E-state index contributed by atoms with van der Waals surface area (Å²) in [5.74, 6) is 1.00. The average Bonchev–Trinajstić information content (AvgIpc) is 2.87.